The van der Waals surface area contributed by atoms with Gasteiger partial charge in [0.15, 0.2) is 0 Å². The van der Waals surface area contributed by atoms with Crippen LogP contribution in [0.3, 0.4) is 0 Å². The molecule has 4 rings (SSSR count). The molecule has 0 aliphatic carbocycles. The summed E-state index contributed by atoms with van der Waals surface area (Å²) in [5, 5.41) is 0. The molecule has 0 aliphatic heterocycles. The van der Waals surface area contributed by atoms with Crippen LogP contribution in [-0.4, -0.2) is 18.3 Å². The van der Waals surface area contributed by atoms with Crippen molar-refractivity contribution in [2.75, 3.05) is 0 Å². The molecule has 4 aromatic rings. The minimum atomic E-state index is -4.34. The van der Waals surface area contributed by atoms with Gasteiger partial charge < -0.3 is 9.41 Å². The zero-order valence-corrected chi connectivity index (χ0v) is 20.2. The molecule has 0 spiro atoms. The van der Waals surface area contributed by atoms with E-state index < -0.39 is 20.1 Å². The Labute approximate surface area is 197 Å². The number of aromatic nitrogens is 2. The number of benzene rings is 3. The topological polar surface area (TPSA) is 37.9 Å². The Morgan fingerprint density at radius 2 is 1.68 bits per heavy atom. The van der Waals surface area contributed by atoms with Gasteiger partial charge in [0, 0.05) is 5.56 Å². The number of hydrogen-bond donors (Lipinski definition) is 1. The van der Waals surface area contributed by atoms with E-state index in [0.29, 0.717) is 17.1 Å². The molecule has 0 saturated carbocycles. The third-order valence-electron chi connectivity index (χ3n) is 5.14. The van der Waals surface area contributed by atoms with Gasteiger partial charge in [-0.15, -0.1) is 0 Å². The standard InChI is InChI=1S/C27H25F3N2OSi/c1-18(33-34(2,3)4)22-7-5-6-8-23(22)20-12-15-24-25(17-20)32-26(31-24)16-11-19-9-13-21(14-10-19)27(28,29)30/h5-17H,1H2,2-4H3,(H,31,32)/b16-11+. The largest absolute Gasteiger partial charge is 0.544 e. The van der Waals surface area contributed by atoms with Gasteiger partial charge in [-0.05, 0) is 66.7 Å². The SMILES string of the molecule is C=C(O[Si](C)(C)C)c1ccccc1-c1ccc2nc(/C=C/c3ccc(C(F)(F)F)cc3)[nH]c2c1. The van der Waals surface area contributed by atoms with Crippen LogP contribution in [0.2, 0.25) is 19.6 Å². The summed E-state index contributed by atoms with van der Waals surface area (Å²) >= 11 is 0. The van der Waals surface area contributed by atoms with Gasteiger partial charge in [-0.25, -0.2) is 4.98 Å². The molecule has 0 atom stereocenters. The first-order chi connectivity index (χ1) is 16.0. The van der Waals surface area contributed by atoms with Gasteiger partial charge >= 0.3 is 6.18 Å². The average Bonchev–Trinajstić information content (AvgIpc) is 3.18. The first-order valence-electron chi connectivity index (χ1n) is 10.8. The van der Waals surface area contributed by atoms with Crippen molar-refractivity contribution in [2.45, 2.75) is 25.8 Å². The number of H-pyrrole nitrogens is 1. The maximum atomic E-state index is 12.7. The average molecular weight is 479 g/mol. The molecule has 0 aliphatic rings. The number of alkyl halides is 3. The molecular weight excluding hydrogens is 453 g/mol. The molecule has 34 heavy (non-hydrogen) atoms. The summed E-state index contributed by atoms with van der Waals surface area (Å²) in [6.07, 6.45) is -0.865. The van der Waals surface area contributed by atoms with Crippen molar-refractivity contribution < 1.29 is 17.6 Å². The van der Waals surface area contributed by atoms with Gasteiger partial charge in [0.05, 0.1) is 16.6 Å². The first kappa shape index (κ1) is 23.6. The van der Waals surface area contributed by atoms with Crippen LogP contribution in [-0.2, 0) is 10.6 Å². The van der Waals surface area contributed by atoms with Crippen LogP contribution in [0, 0.1) is 0 Å². The maximum Gasteiger partial charge on any atom is 0.416 e. The second kappa shape index (κ2) is 8.99. The van der Waals surface area contributed by atoms with Gasteiger partial charge in [-0.1, -0.05) is 55.1 Å². The summed E-state index contributed by atoms with van der Waals surface area (Å²) in [6.45, 7) is 10.5. The lowest BCUT2D eigenvalue weighted by Gasteiger charge is -2.22. The molecule has 0 fully saturated rings. The zero-order chi connectivity index (χ0) is 24.5. The van der Waals surface area contributed by atoms with Gasteiger partial charge in [-0.2, -0.15) is 13.2 Å². The van der Waals surface area contributed by atoms with E-state index in [-0.39, 0.29) is 0 Å². The highest BCUT2D eigenvalue weighted by Gasteiger charge is 2.29. The number of fused-ring (bicyclic) bond motifs is 1. The molecule has 1 aromatic heterocycles. The van der Waals surface area contributed by atoms with E-state index in [1.807, 2.05) is 42.5 Å². The highest BCUT2D eigenvalue weighted by Crippen LogP contribution is 2.32. The highest BCUT2D eigenvalue weighted by molar-refractivity contribution is 6.70. The molecule has 0 amide bonds. The van der Waals surface area contributed by atoms with Crippen LogP contribution in [0.4, 0.5) is 13.2 Å². The Hall–Kier alpha value is -3.58. The zero-order valence-electron chi connectivity index (χ0n) is 19.2. The normalized spacial score (nSPS) is 12.4. The molecule has 0 radical (unpaired) electrons. The molecule has 3 nitrogen and oxygen atoms in total. The molecular formula is C27H25F3N2OSi. The summed E-state index contributed by atoms with van der Waals surface area (Å²) in [5.41, 5.74) is 4.62. The maximum absolute atomic E-state index is 12.7. The third kappa shape index (κ3) is 5.48. The molecule has 174 valence electrons. The van der Waals surface area contributed by atoms with Crippen molar-refractivity contribution >= 4 is 37.3 Å². The van der Waals surface area contributed by atoms with E-state index in [1.165, 1.54) is 12.1 Å². The molecule has 1 heterocycles. The second-order valence-electron chi connectivity index (χ2n) is 8.99. The summed E-state index contributed by atoms with van der Waals surface area (Å²) in [6, 6.07) is 19.0. The summed E-state index contributed by atoms with van der Waals surface area (Å²) < 4.78 is 44.4. The minimum absolute atomic E-state index is 0.617. The van der Waals surface area contributed by atoms with Crippen molar-refractivity contribution in [3.8, 4) is 11.1 Å². The fourth-order valence-corrected chi connectivity index (χ4v) is 4.49. The number of rotatable bonds is 6. The van der Waals surface area contributed by atoms with Crippen LogP contribution >= 0.6 is 0 Å². The Bertz CT molecular complexity index is 1360. The molecule has 1 N–H and O–H groups in total. The fraction of sp³-hybridized carbons (Fsp3) is 0.148. The lowest BCUT2D eigenvalue weighted by Crippen LogP contribution is -2.24. The van der Waals surface area contributed by atoms with Crippen molar-refractivity contribution in [3.05, 3.63) is 95.8 Å². The van der Waals surface area contributed by atoms with Crippen molar-refractivity contribution in [3.63, 3.8) is 0 Å². The Morgan fingerprint density at radius 1 is 0.971 bits per heavy atom. The van der Waals surface area contributed by atoms with Gasteiger partial charge in [0.2, 0.25) is 8.32 Å². The number of aromatic amines is 1. The van der Waals surface area contributed by atoms with Crippen LogP contribution in [0.25, 0.3) is 40.1 Å². The van der Waals surface area contributed by atoms with Gasteiger partial charge in [0.25, 0.3) is 0 Å². The summed E-state index contributed by atoms with van der Waals surface area (Å²) in [4.78, 5) is 7.84. The Morgan fingerprint density at radius 3 is 2.35 bits per heavy atom. The lowest BCUT2D eigenvalue weighted by molar-refractivity contribution is -0.137. The van der Waals surface area contributed by atoms with Crippen LogP contribution in [0.5, 0.6) is 0 Å². The fourth-order valence-electron chi connectivity index (χ4n) is 3.64. The van der Waals surface area contributed by atoms with E-state index in [1.54, 1.807) is 12.2 Å². The predicted octanol–water partition coefficient (Wildman–Crippen LogP) is 8.24. The smallest absolute Gasteiger partial charge is 0.416 e. The van der Waals surface area contributed by atoms with E-state index in [2.05, 4.69) is 36.2 Å². The summed E-state index contributed by atoms with van der Waals surface area (Å²) in [5.74, 6) is 1.28. The first-order valence-corrected chi connectivity index (χ1v) is 14.2. The quantitative estimate of drug-likeness (QED) is 0.224. The van der Waals surface area contributed by atoms with Gasteiger partial charge in [-0.3, -0.25) is 0 Å². The monoisotopic (exact) mass is 478 g/mol. The van der Waals surface area contributed by atoms with E-state index in [9.17, 15) is 13.2 Å². The van der Waals surface area contributed by atoms with E-state index in [4.69, 9.17) is 4.43 Å². The molecule has 0 unspecified atom stereocenters. The minimum Gasteiger partial charge on any atom is -0.544 e. The number of nitrogens with zero attached hydrogens (tertiary/aromatic N) is 1. The number of nitrogens with one attached hydrogen (secondary N) is 1. The Kier molecular flexibility index (Phi) is 6.23. The van der Waals surface area contributed by atoms with E-state index >= 15 is 0 Å². The number of imidazole rings is 1. The molecule has 0 saturated heterocycles. The molecule has 0 bridgehead atoms. The van der Waals surface area contributed by atoms with Crippen LogP contribution < -0.4 is 0 Å². The lowest BCUT2D eigenvalue weighted by atomic mass is 9.98. The summed E-state index contributed by atoms with van der Waals surface area (Å²) in [7, 11) is -1.80. The number of hydrogen-bond acceptors (Lipinski definition) is 2. The third-order valence-corrected chi connectivity index (χ3v) is 6.00. The van der Waals surface area contributed by atoms with Gasteiger partial charge in [0.1, 0.15) is 11.6 Å². The van der Waals surface area contributed by atoms with Crippen LogP contribution in [0.1, 0.15) is 22.5 Å². The van der Waals surface area contributed by atoms with Crippen molar-refractivity contribution in [2.24, 2.45) is 0 Å². The molecule has 7 heteroatoms. The van der Waals surface area contributed by atoms with Crippen LogP contribution in [0.15, 0.2) is 73.3 Å². The van der Waals surface area contributed by atoms with Crippen molar-refractivity contribution in [1.29, 1.82) is 0 Å². The predicted molar refractivity (Wildman–Crippen MR) is 135 cm³/mol. The number of halogens is 3. The highest BCUT2D eigenvalue weighted by atomic mass is 28.4. The second-order valence-corrected chi connectivity index (χ2v) is 13.4. The Balaban J connectivity index is 1.60. The van der Waals surface area contributed by atoms with E-state index in [0.717, 1.165) is 39.9 Å². The van der Waals surface area contributed by atoms with Crippen molar-refractivity contribution in [1.82, 2.24) is 9.97 Å². The molecule has 3 aromatic carbocycles.